The number of hydrogen-bond acceptors (Lipinski definition) is 4. The largest absolute Gasteiger partial charge is 0.493 e. The molecular weight excluding hydrogens is 362 g/mol. The summed E-state index contributed by atoms with van der Waals surface area (Å²) < 4.78 is 17.5. The molecule has 4 rings (SSSR count). The lowest BCUT2D eigenvalue weighted by atomic mass is 10.0. The summed E-state index contributed by atoms with van der Waals surface area (Å²) in [4.78, 5) is 4.77. The van der Waals surface area contributed by atoms with Crippen LogP contribution in [0.5, 0.6) is 17.4 Å². The summed E-state index contributed by atoms with van der Waals surface area (Å²) >= 11 is 0. The van der Waals surface area contributed by atoms with Crippen molar-refractivity contribution in [2.45, 2.75) is 13.5 Å². The molecule has 0 spiro atoms. The molecule has 0 radical (unpaired) electrons. The lowest BCUT2D eigenvalue weighted by molar-refractivity contribution is 0.285. The number of nitrogens with zero attached hydrogens (tertiary/aromatic N) is 1. The number of rotatable bonds is 7. The highest BCUT2D eigenvalue weighted by Crippen LogP contribution is 2.37. The first-order valence-corrected chi connectivity index (χ1v) is 9.66. The topological polar surface area (TPSA) is 40.6 Å². The number of pyridine rings is 1. The molecule has 3 aromatic carbocycles. The second-order valence-electron chi connectivity index (χ2n) is 6.61. The van der Waals surface area contributed by atoms with Crippen molar-refractivity contribution in [3.63, 3.8) is 0 Å². The summed E-state index contributed by atoms with van der Waals surface area (Å²) in [7, 11) is 1.65. The van der Waals surface area contributed by atoms with Gasteiger partial charge in [-0.15, -0.1) is 0 Å². The van der Waals surface area contributed by atoms with Crippen molar-refractivity contribution in [1.82, 2.24) is 4.98 Å². The van der Waals surface area contributed by atoms with E-state index < -0.39 is 0 Å². The maximum Gasteiger partial charge on any atom is 0.221 e. The van der Waals surface area contributed by atoms with Crippen molar-refractivity contribution < 1.29 is 14.2 Å². The Morgan fingerprint density at radius 3 is 2.21 bits per heavy atom. The minimum absolute atomic E-state index is 0.461. The molecule has 4 aromatic rings. The molecule has 1 heterocycles. The van der Waals surface area contributed by atoms with Gasteiger partial charge in [-0.3, -0.25) is 0 Å². The van der Waals surface area contributed by atoms with Gasteiger partial charge in [0.05, 0.1) is 19.2 Å². The van der Waals surface area contributed by atoms with Crippen LogP contribution < -0.4 is 14.2 Å². The predicted molar refractivity (Wildman–Crippen MR) is 116 cm³/mol. The molecular formula is C25H23NO3. The van der Waals surface area contributed by atoms with Crippen LogP contribution in [0.4, 0.5) is 0 Å². The molecule has 0 saturated heterocycles. The minimum Gasteiger partial charge on any atom is -0.493 e. The van der Waals surface area contributed by atoms with Gasteiger partial charge in [0.25, 0.3) is 0 Å². The van der Waals surface area contributed by atoms with Crippen LogP contribution in [0.25, 0.3) is 22.0 Å². The van der Waals surface area contributed by atoms with Crippen LogP contribution in [0, 0.1) is 0 Å². The molecule has 0 saturated carbocycles. The monoisotopic (exact) mass is 385 g/mol. The van der Waals surface area contributed by atoms with Crippen molar-refractivity contribution >= 4 is 10.9 Å². The van der Waals surface area contributed by atoms with E-state index in [2.05, 4.69) is 18.2 Å². The fraction of sp³-hybridized carbons (Fsp3) is 0.160. The van der Waals surface area contributed by atoms with Crippen LogP contribution in [0.2, 0.25) is 0 Å². The molecule has 0 unspecified atom stereocenters. The van der Waals surface area contributed by atoms with Crippen molar-refractivity contribution in [1.29, 1.82) is 0 Å². The molecule has 0 fully saturated rings. The molecule has 0 amide bonds. The standard InChI is InChI=1S/C25H23NO3/c1-3-28-25-21(19-12-8-5-9-13-19)14-20-15-23(27-2)24(16-22(20)26-25)29-17-18-10-6-4-7-11-18/h4-16H,3,17H2,1-2H3. The third kappa shape index (κ3) is 4.16. The van der Waals surface area contributed by atoms with Crippen molar-refractivity contribution in [3.8, 4) is 28.5 Å². The summed E-state index contributed by atoms with van der Waals surface area (Å²) in [5.74, 6) is 1.95. The van der Waals surface area contributed by atoms with Gasteiger partial charge in [-0.1, -0.05) is 60.7 Å². The Kier molecular flexibility index (Phi) is 5.61. The zero-order valence-electron chi connectivity index (χ0n) is 16.6. The minimum atomic E-state index is 0.461. The Morgan fingerprint density at radius 1 is 0.793 bits per heavy atom. The Morgan fingerprint density at radius 2 is 1.52 bits per heavy atom. The maximum absolute atomic E-state index is 6.03. The van der Waals surface area contributed by atoms with Gasteiger partial charge >= 0.3 is 0 Å². The van der Waals surface area contributed by atoms with Crippen LogP contribution in [-0.2, 0) is 6.61 Å². The van der Waals surface area contributed by atoms with Gasteiger partial charge in [-0.05, 0) is 30.2 Å². The van der Waals surface area contributed by atoms with E-state index in [1.807, 2.05) is 67.6 Å². The van der Waals surface area contributed by atoms with E-state index in [-0.39, 0.29) is 0 Å². The third-order valence-electron chi connectivity index (χ3n) is 4.67. The van der Waals surface area contributed by atoms with Crippen molar-refractivity contribution in [2.24, 2.45) is 0 Å². The highest BCUT2D eigenvalue weighted by atomic mass is 16.5. The maximum atomic E-state index is 6.03. The third-order valence-corrected chi connectivity index (χ3v) is 4.67. The van der Waals surface area contributed by atoms with Crippen LogP contribution in [-0.4, -0.2) is 18.7 Å². The molecule has 146 valence electrons. The van der Waals surface area contributed by atoms with Crippen molar-refractivity contribution in [2.75, 3.05) is 13.7 Å². The van der Waals surface area contributed by atoms with Gasteiger partial charge in [0.2, 0.25) is 5.88 Å². The highest BCUT2D eigenvalue weighted by molar-refractivity contribution is 5.88. The van der Waals surface area contributed by atoms with Gasteiger partial charge in [0, 0.05) is 17.0 Å². The number of benzene rings is 3. The van der Waals surface area contributed by atoms with E-state index in [4.69, 9.17) is 19.2 Å². The fourth-order valence-electron chi connectivity index (χ4n) is 3.24. The van der Waals surface area contributed by atoms with Crippen LogP contribution in [0.3, 0.4) is 0 Å². The van der Waals surface area contributed by atoms with E-state index in [1.54, 1.807) is 7.11 Å². The smallest absolute Gasteiger partial charge is 0.221 e. The zero-order valence-corrected chi connectivity index (χ0v) is 16.6. The Balaban J connectivity index is 1.75. The van der Waals surface area contributed by atoms with Gasteiger partial charge in [0.15, 0.2) is 11.5 Å². The number of aromatic nitrogens is 1. The summed E-state index contributed by atoms with van der Waals surface area (Å²) in [5, 5.41) is 0.969. The Labute approximate surface area is 170 Å². The normalized spacial score (nSPS) is 10.7. The first-order chi connectivity index (χ1) is 14.3. The van der Waals surface area contributed by atoms with Gasteiger partial charge in [0.1, 0.15) is 6.61 Å². The SMILES string of the molecule is CCOc1nc2cc(OCc3ccccc3)c(OC)cc2cc1-c1ccccc1. The molecule has 29 heavy (non-hydrogen) atoms. The molecule has 0 bridgehead atoms. The Bertz CT molecular complexity index is 1100. The molecule has 0 atom stereocenters. The van der Waals surface area contributed by atoms with Gasteiger partial charge < -0.3 is 14.2 Å². The number of ether oxygens (including phenoxy) is 3. The van der Waals surface area contributed by atoms with Crippen LogP contribution in [0.15, 0.2) is 78.9 Å². The van der Waals surface area contributed by atoms with E-state index in [0.29, 0.717) is 30.6 Å². The molecule has 0 aliphatic rings. The Hall–Kier alpha value is -3.53. The summed E-state index contributed by atoms with van der Waals surface area (Å²) in [5.41, 5.74) is 3.92. The lowest BCUT2D eigenvalue weighted by Gasteiger charge is -2.15. The average Bonchev–Trinajstić information content (AvgIpc) is 2.78. The number of fused-ring (bicyclic) bond motifs is 1. The molecule has 0 aliphatic carbocycles. The molecule has 4 heteroatoms. The van der Waals surface area contributed by atoms with E-state index in [0.717, 1.165) is 27.6 Å². The average molecular weight is 385 g/mol. The van der Waals surface area contributed by atoms with Crippen molar-refractivity contribution in [3.05, 3.63) is 84.4 Å². The lowest BCUT2D eigenvalue weighted by Crippen LogP contribution is -2.00. The quantitative estimate of drug-likeness (QED) is 0.398. The highest BCUT2D eigenvalue weighted by Gasteiger charge is 2.14. The predicted octanol–water partition coefficient (Wildman–Crippen LogP) is 5.89. The summed E-state index contributed by atoms with van der Waals surface area (Å²) in [6.07, 6.45) is 0. The molecule has 4 nitrogen and oxygen atoms in total. The van der Waals surface area contributed by atoms with Gasteiger partial charge in [-0.2, -0.15) is 0 Å². The van der Waals surface area contributed by atoms with Crippen LogP contribution in [0.1, 0.15) is 12.5 Å². The zero-order chi connectivity index (χ0) is 20.1. The van der Waals surface area contributed by atoms with Gasteiger partial charge in [-0.25, -0.2) is 4.98 Å². The molecule has 1 aromatic heterocycles. The summed E-state index contributed by atoms with van der Waals surface area (Å²) in [6, 6.07) is 26.1. The number of methoxy groups -OCH3 is 1. The van der Waals surface area contributed by atoms with E-state index >= 15 is 0 Å². The summed E-state index contributed by atoms with van der Waals surface area (Å²) in [6.45, 7) is 2.97. The first kappa shape index (κ1) is 18.8. The first-order valence-electron chi connectivity index (χ1n) is 9.66. The van der Waals surface area contributed by atoms with E-state index in [9.17, 15) is 0 Å². The van der Waals surface area contributed by atoms with Crippen LogP contribution >= 0.6 is 0 Å². The second kappa shape index (κ2) is 8.65. The fourth-order valence-corrected chi connectivity index (χ4v) is 3.24. The second-order valence-corrected chi connectivity index (χ2v) is 6.61. The molecule has 0 aliphatic heterocycles. The van der Waals surface area contributed by atoms with E-state index in [1.165, 1.54) is 0 Å². The number of hydrogen-bond donors (Lipinski definition) is 0. The molecule has 0 N–H and O–H groups in total.